The molecule has 0 amide bonds. The van der Waals surface area contributed by atoms with E-state index in [-0.39, 0.29) is 0 Å². The Hall–Kier alpha value is 0.259. The molecule has 10 heavy (non-hydrogen) atoms. The molecular formula is C8H10Se2. The Balaban J connectivity index is 3.04. The summed E-state index contributed by atoms with van der Waals surface area (Å²) < 4.78 is 1.47. The van der Waals surface area contributed by atoms with Gasteiger partial charge in [0.1, 0.15) is 0 Å². The second-order valence-corrected chi connectivity index (χ2v) is 5.70. The first kappa shape index (κ1) is 8.36. The van der Waals surface area contributed by atoms with Crippen molar-refractivity contribution in [3.63, 3.8) is 0 Å². The molecule has 54 valence electrons. The van der Waals surface area contributed by atoms with Crippen LogP contribution in [-0.2, 0) is 0 Å². The van der Waals surface area contributed by atoms with Crippen molar-refractivity contribution in [1.82, 2.24) is 0 Å². The van der Waals surface area contributed by atoms with Crippen LogP contribution in [0, 0.1) is 13.8 Å². The molecule has 0 heterocycles. The van der Waals surface area contributed by atoms with Gasteiger partial charge in [0.25, 0.3) is 0 Å². The van der Waals surface area contributed by atoms with Crippen LogP contribution in [0.15, 0.2) is 18.2 Å². The van der Waals surface area contributed by atoms with Gasteiger partial charge in [0, 0.05) is 0 Å². The summed E-state index contributed by atoms with van der Waals surface area (Å²) in [6, 6.07) is 6.67. The molecule has 0 nitrogen and oxygen atoms in total. The standard InChI is InChI=1S/C8H10Se2/c1-6-3-4-8(10-9)5-7(6)2/h3-5,9H,1-2H3. The zero-order valence-electron chi connectivity index (χ0n) is 6.09. The topological polar surface area (TPSA) is 0 Å². The van der Waals surface area contributed by atoms with Crippen LogP contribution in [0.2, 0.25) is 0 Å². The Labute approximate surface area is 74.9 Å². The molecule has 0 bridgehead atoms. The van der Waals surface area contributed by atoms with E-state index >= 15 is 0 Å². The van der Waals surface area contributed by atoms with Crippen molar-refractivity contribution in [3.8, 4) is 0 Å². The summed E-state index contributed by atoms with van der Waals surface area (Å²) in [7, 11) is 0. The third kappa shape index (κ3) is 1.87. The molecule has 0 spiro atoms. The van der Waals surface area contributed by atoms with Crippen LogP contribution >= 0.6 is 0 Å². The molecule has 2 heteroatoms. The van der Waals surface area contributed by atoms with Crippen LogP contribution in [0.4, 0.5) is 0 Å². The van der Waals surface area contributed by atoms with E-state index in [4.69, 9.17) is 0 Å². The zero-order chi connectivity index (χ0) is 7.56. The van der Waals surface area contributed by atoms with Crippen LogP contribution in [-0.4, -0.2) is 27.3 Å². The van der Waals surface area contributed by atoms with Gasteiger partial charge in [-0.3, -0.25) is 0 Å². The summed E-state index contributed by atoms with van der Waals surface area (Å²) in [4.78, 5) is 0. The summed E-state index contributed by atoms with van der Waals surface area (Å²) in [6.07, 6.45) is 0. The molecule has 0 aliphatic rings. The predicted molar refractivity (Wildman–Crippen MR) is 48.5 cm³/mol. The van der Waals surface area contributed by atoms with E-state index in [1.54, 1.807) is 0 Å². The molecule has 1 rings (SSSR count). The molecule has 0 aliphatic carbocycles. The van der Waals surface area contributed by atoms with Crippen LogP contribution in [0.25, 0.3) is 0 Å². The Morgan fingerprint density at radius 2 is 1.90 bits per heavy atom. The van der Waals surface area contributed by atoms with Crippen molar-refractivity contribution in [2.24, 2.45) is 0 Å². The SMILES string of the molecule is Cc1ccc([Se][SeH])cc1C. The number of aryl methyl sites for hydroxylation is 2. The van der Waals surface area contributed by atoms with E-state index in [0.717, 1.165) is 0 Å². The Morgan fingerprint density at radius 3 is 2.40 bits per heavy atom. The maximum atomic E-state index is 2.66. The molecule has 0 atom stereocenters. The minimum atomic E-state index is 0.589. The van der Waals surface area contributed by atoms with Gasteiger partial charge < -0.3 is 0 Å². The number of hydrogen-bond donors (Lipinski definition) is 0. The van der Waals surface area contributed by atoms with Crippen LogP contribution in [0.1, 0.15) is 11.1 Å². The van der Waals surface area contributed by atoms with Crippen molar-refractivity contribution >= 4 is 31.8 Å². The first-order chi connectivity index (χ1) is 4.74. The fourth-order valence-electron chi connectivity index (χ4n) is 0.771. The summed E-state index contributed by atoms with van der Waals surface area (Å²) in [5, 5.41) is 0. The summed E-state index contributed by atoms with van der Waals surface area (Å²) in [5.41, 5.74) is 2.80. The average molecular weight is 264 g/mol. The van der Waals surface area contributed by atoms with Gasteiger partial charge in [0.2, 0.25) is 0 Å². The molecular weight excluding hydrogens is 254 g/mol. The van der Waals surface area contributed by atoms with Crippen molar-refractivity contribution in [2.45, 2.75) is 13.8 Å². The molecule has 0 saturated carbocycles. The summed E-state index contributed by atoms with van der Waals surface area (Å²) >= 11 is 3.25. The number of hydrogen-bond acceptors (Lipinski definition) is 0. The monoisotopic (exact) mass is 266 g/mol. The Morgan fingerprint density at radius 1 is 1.20 bits per heavy atom. The minimum absolute atomic E-state index is 0.589. The van der Waals surface area contributed by atoms with Crippen LogP contribution in [0.3, 0.4) is 0 Å². The average Bonchev–Trinajstić information content (AvgIpc) is 1.95. The van der Waals surface area contributed by atoms with Gasteiger partial charge in [-0.25, -0.2) is 0 Å². The second-order valence-electron chi connectivity index (χ2n) is 2.34. The van der Waals surface area contributed by atoms with E-state index in [1.165, 1.54) is 15.6 Å². The van der Waals surface area contributed by atoms with Gasteiger partial charge in [0.15, 0.2) is 0 Å². The first-order valence-corrected chi connectivity index (χ1v) is 8.73. The van der Waals surface area contributed by atoms with Crippen LogP contribution < -0.4 is 4.46 Å². The molecule has 0 aromatic heterocycles. The summed E-state index contributed by atoms with van der Waals surface area (Å²) in [5.74, 6) is 0. The van der Waals surface area contributed by atoms with Crippen molar-refractivity contribution < 1.29 is 0 Å². The zero-order valence-corrected chi connectivity index (χ0v) is 9.68. The molecule has 1 aromatic rings. The number of benzene rings is 1. The van der Waals surface area contributed by atoms with Gasteiger partial charge in [-0.1, -0.05) is 0 Å². The fraction of sp³-hybridized carbons (Fsp3) is 0.250. The summed E-state index contributed by atoms with van der Waals surface area (Å²) in [6.45, 7) is 4.31. The van der Waals surface area contributed by atoms with E-state index in [9.17, 15) is 0 Å². The molecule has 0 radical (unpaired) electrons. The predicted octanol–water partition coefficient (Wildman–Crippen LogP) is 0.449. The van der Waals surface area contributed by atoms with E-state index in [0.29, 0.717) is 13.1 Å². The molecule has 0 aliphatic heterocycles. The Kier molecular flexibility index (Phi) is 3.00. The Bertz CT molecular complexity index is 231. The molecule has 1 aromatic carbocycles. The van der Waals surface area contributed by atoms with Gasteiger partial charge >= 0.3 is 75.0 Å². The molecule has 0 saturated heterocycles. The van der Waals surface area contributed by atoms with Crippen LogP contribution in [0.5, 0.6) is 0 Å². The van der Waals surface area contributed by atoms with Gasteiger partial charge in [-0.05, 0) is 0 Å². The maximum absolute atomic E-state index is 2.66. The van der Waals surface area contributed by atoms with E-state index < -0.39 is 0 Å². The van der Waals surface area contributed by atoms with Gasteiger partial charge in [0.05, 0.1) is 0 Å². The van der Waals surface area contributed by atoms with E-state index in [1.807, 2.05) is 0 Å². The van der Waals surface area contributed by atoms with Crippen molar-refractivity contribution in [2.75, 3.05) is 0 Å². The third-order valence-corrected chi connectivity index (χ3v) is 4.86. The normalized spacial score (nSPS) is 9.90. The van der Waals surface area contributed by atoms with Crippen molar-refractivity contribution in [3.05, 3.63) is 29.3 Å². The van der Waals surface area contributed by atoms with Crippen molar-refractivity contribution in [1.29, 1.82) is 0 Å². The molecule has 0 unspecified atom stereocenters. The van der Waals surface area contributed by atoms with Gasteiger partial charge in [-0.2, -0.15) is 0 Å². The number of rotatable bonds is 1. The third-order valence-electron chi connectivity index (χ3n) is 1.58. The molecule has 0 N–H and O–H groups in total. The quantitative estimate of drug-likeness (QED) is 0.646. The second kappa shape index (κ2) is 3.59. The van der Waals surface area contributed by atoms with Gasteiger partial charge in [-0.15, -0.1) is 0 Å². The fourth-order valence-corrected chi connectivity index (χ4v) is 2.76. The molecule has 0 fully saturated rings. The first-order valence-electron chi connectivity index (χ1n) is 3.12. The van der Waals surface area contributed by atoms with E-state index in [2.05, 4.69) is 46.2 Å².